The van der Waals surface area contributed by atoms with E-state index in [1.165, 1.54) is 86.8 Å². The number of likely N-dealkylation sites (N-methyl/N-ethyl adjacent to an activating group) is 1. The van der Waals surface area contributed by atoms with Gasteiger partial charge in [-0.15, -0.1) is 0 Å². The molecule has 3 aliphatic rings. The molecule has 11 N–H and O–H groups in total. The number of nitro groups is 3. The van der Waals surface area contributed by atoms with Crippen LogP contribution in [0.3, 0.4) is 0 Å². The third kappa shape index (κ3) is 19.5. The molecule has 2 unspecified atom stereocenters. The summed E-state index contributed by atoms with van der Waals surface area (Å²) >= 11 is 0. The Bertz CT molecular complexity index is 2930. The van der Waals surface area contributed by atoms with Crippen LogP contribution in [0.15, 0.2) is 84.6 Å². The first-order chi connectivity index (χ1) is 41.5. The summed E-state index contributed by atoms with van der Waals surface area (Å²) in [5, 5.41) is 115. The van der Waals surface area contributed by atoms with Gasteiger partial charge in [0, 0.05) is 68.5 Å². The number of benzene rings is 3. The van der Waals surface area contributed by atoms with Crippen LogP contribution in [0.1, 0.15) is 63.6 Å². The second-order valence-corrected chi connectivity index (χ2v) is 22.3. The molecule has 3 aromatic rings. The van der Waals surface area contributed by atoms with Crippen LogP contribution < -0.4 is 26.6 Å². The molecule has 33 nitrogen and oxygen atoms in total. The fraction of sp³-hybridized carbons (Fsp3) is 0.545. The number of nitro benzene ring substituents is 3. The highest BCUT2D eigenvalue weighted by Gasteiger charge is 2.56. The standard InChI is InChI=1S/C55H73N9O24/c1-54(2,3)88-53(74)61(5)47-44(69)49(85-29-55(47,4)75)87-46-40(58-48(70)41(67)20-21-57-50(71)82-26-30-6-12-33(13-7-30)62(76)77)22-39(60-52(73)84-28-32-10-16-35(17-11-32)64(80)81)42(43(46)68)45-38(19-18-37(86-45)24-56-23-36(66)25-65)59-51(72)83-27-31-8-14-34(15-9-31)63(78)79/h6-18,36,38-47,49,56,65-69,75H,19-29H2,1-5H3,(H,57,71)(H,58,70)(H,59,72)(H,60,73)/t36?,38-,39+,40-,41-,42-,43+,44-,45?,46+,47-,49-,55+/m1/s1. The van der Waals surface area contributed by atoms with Crippen molar-refractivity contribution in [1.29, 1.82) is 0 Å². The highest BCUT2D eigenvalue weighted by atomic mass is 16.7. The van der Waals surface area contributed by atoms with Crippen LogP contribution in [0.5, 0.6) is 0 Å². The number of aliphatic hydroxyl groups is 6. The SMILES string of the molecule is CN(C(=O)OC(C)(C)C)[C@@H]1[C@@H](O)[C@@H](O[C@@H]2[C@@H](O)[C@H](C3OC(CNCC(O)CO)=CC[C@H]3NC(=O)OCc3ccc([N+](=O)[O-])cc3)[C@@H](NC(=O)OCc3ccc([N+](=O)[O-])cc3)C[C@H]2NC(=O)[C@H](O)CCNC(=O)OCc2ccc([N+](=O)[O-])cc2)OC[C@]1(C)O. The van der Waals surface area contributed by atoms with Crippen molar-refractivity contribution in [3.05, 3.63) is 132 Å². The maximum absolute atomic E-state index is 14.2. The number of hydrogen-bond donors (Lipinski definition) is 11. The van der Waals surface area contributed by atoms with E-state index in [4.69, 9.17) is 33.2 Å². The van der Waals surface area contributed by atoms with E-state index in [0.29, 0.717) is 16.7 Å². The fourth-order valence-corrected chi connectivity index (χ4v) is 9.95. The summed E-state index contributed by atoms with van der Waals surface area (Å²) in [6.07, 6.45) is -15.9. The van der Waals surface area contributed by atoms with Crippen molar-refractivity contribution in [3.63, 3.8) is 0 Å². The van der Waals surface area contributed by atoms with Crippen molar-refractivity contribution < 1.29 is 103 Å². The molecule has 13 atom stereocenters. The van der Waals surface area contributed by atoms with E-state index in [1.54, 1.807) is 26.8 Å². The highest BCUT2D eigenvalue weighted by molar-refractivity contribution is 5.81. The van der Waals surface area contributed by atoms with Gasteiger partial charge in [0.2, 0.25) is 5.91 Å². The molecule has 1 saturated heterocycles. The number of amides is 5. The molecule has 3 aromatic carbocycles. The zero-order valence-corrected chi connectivity index (χ0v) is 48.5. The molecule has 0 radical (unpaired) electrons. The Balaban J connectivity index is 1.34. The van der Waals surface area contributed by atoms with Gasteiger partial charge in [-0.05, 0) is 106 Å². The molecule has 5 amide bonds. The van der Waals surface area contributed by atoms with Gasteiger partial charge < -0.3 is 95.3 Å². The highest BCUT2D eigenvalue weighted by Crippen LogP contribution is 2.39. The lowest BCUT2D eigenvalue weighted by atomic mass is 9.72. The lowest BCUT2D eigenvalue weighted by Crippen LogP contribution is -2.71. The molecule has 2 fully saturated rings. The zero-order chi connectivity index (χ0) is 64.6. The summed E-state index contributed by atoms with van der Waals surface area (Å²) in [7, 11) is 1.24. The second kappa shape index (κ2) is 31.0. The molecule has 0 bridgehead atoms. The number of ether oxygens (including phenoxy) is 7. The number of carbonyl (C=O) groups excluding carboxylic acids is 5. The van der Waals surface area contributed by atoms with E-state index in [2.05, 4.69) is 26.6 Å². The fourth-order valence-electron chi connectivity index (χ4n) is 9.95. The number of rotatable bonds is 25. The molecule has 1 aliphatic carbocycles. The minimum absolute atomic E-state index is 0.0912. The van der Waals surface area contributed by atoms with Crippen LogP contribution in [-0.4, -0.2) is 199 Å². The number of non-ortho nitro benzene ring substituents is 3. The van der Waals surface area contributed by atoms with E-state index in [9.17, 15) is 85.0 Å². The molecular weight excluding hydrogens is 1170 g/mol. The van der Waals surface area contributed by atoms with Gasteiger partial charge in [-0.25, -0.2) is 19.2 Å². The molecule has 6 rings (SSSR count). The van der Waals surface area contributed by atoms with Gasteiger partial charge in [0.25, 0.3) is 17.1 Å². The predicted molar refractivity (Wildman–Crippen MR) is 301 cm³/mol. The Morgan fingerprint density at radius 2 is 1.25 bits per heavy atom. The van der Waals surface area contributed by atoms with Gasteiger partial charge in [-0.2, -0.15) is 0 Å². The molecule has 33 heteroatoms. The van der Waals surface area contributed by atoms with E-state index in [-0.39, 0.29) is 62.1 Å². The Morgan fingerprint density at radius 1 is 0.750 bits per heavy atom. The number of carbonyl (C=O) groups is 5. The van der Waals surface area contributed by atoms with Crippen molar-refractivity contribution in [3.8, 4) is 0 Å². The van der Waals surface area contributed by atoms with E-state index in [0.717, 1.165) is 4.90 Å². The lowest BCUT2D eigenvalue weighted by Gasteiger charge is -2.52. The van der Waals surface area contributed by atoms with Crippen LogP contribution in [-0.2, 0) is 57.8 Å². The molecular formula is C55H73N9O24. The first kappa shape index (κ1) is 68.7. The van der Waals surface area contributed by atoms with Crippen molar-refractivity contribution in [2.45, 2.75) is 145 Å². The van der Waals surface area contributed by atoms with Gasteiger partial charge in [-0.1, -0.05) is 0 Å². The van der Waals surface area contributed by atoms with Crippen molar-refractivity contribution in [2.24, 2.45) is 5.92 Å². The largest absolute Gasteiger partial charge is 0.491 e. The number of alkyl carbamates (subject to hydrolysis) is 3. The summed E-state index contributed by atoms with van der Waals surface area (Å²) in [6, 6.07) is 9.65. The van der Waals surface area contributed by atoms with Gasteiger partial charge in [-0.3, -0.25) is 35.1 Å². The predicted octanol–water partition coefficient (Wildman–Crippen LogP) is 1.55. The lowest BCUT2D eigenvalue weighted by molar-refractivity contribution is -0.385. The summed E-state index contributed by atoms with van der Waals surface area (Å²) in [6.45, 7) is 3.06. The Morgan fingerprint density at radius 3 is 1.74 bits per heavy atom. The number of aliphatic hydroxyl groups excluding tert-OH is 5. The van der Waals surface area contributed by atoms with Crippen LogP contribution in [0.25, 0.3) is 0 Å². The van der Waals surface area contributed by atoms with Gasteiger partial charge in [0.05, 0.1) is 64.9 Å². The Labute approximate surface area is 502 Å². The van der Waals surface area contributed by atoms with Gasteiger partial charge in [0.15, 0.2) is 6.29 Å². The quantitative estimate of drug-likeness (QED) is 0.0326. The van der Waals surface area contributed by atoms with Crippen LogP contribution >= 0.6 is 0 Å². The Hall–Kier alpha value is -8.41. The zero-order valence-electron chi connectivity index (χ0n) is 48.5. The first-order valence-corrected chi connectivity index (χ1v) is 27.7. The molecule has 0 spiro atoms. The summed E-state index contributed by atoms with van der Waals surface area (Å²) in [5.41, 5.74) is -2.62. The average molecular weight is 1240 g/mol. The second-order valence-electron chi connectivity index (χ2n) is 22.3. The van der Waals surface area contributed by atoms with Crippen molar-refractivity contribution in [1.82, 2.24) is 31.5 Å². The molecule has 0 aromatic heterocycles. The number of hydrogen-bond acceptors (Lipinski definition) is 25. The van der Waals surface area contributed by atoms with Gasteiger partial charge in [0.1, 0.15) is 61.2 Å². The summed E-state index contributed by atoms with van der Waals surface area (Å²) < 4.78 is 40.7. The first-order valence-electron chi connectivity index (χ1n) is 27.7. The molecule has 2 heterocycles. The monoisotopic (exact) mass is 1240 g/mol. The summed E-state index contributed by atoms with van der Waals surface area (Å²) in [4.78, 5) is 101. The third-order valence-corrected chi connectivity index (χ3v) is 14.3. The van der Waals surface area contributed by atoms with E-state index < -0.39 is 162 Å². The molecule has 88 heavy (non-hydrogen) atoms. The topological polar surface area (TPSA) is 464 Å². The summed E-state index contributed by atoms with van der Waals surface area (Å²) in [5.74, 6) is -2.49. The number of nitrogens with one attached hydrogen (secondary N) is 5. The molecule has 1 saturated carbocycles. The van der Waals surface area contributed by atoms with Crippen LogP contribution in [0, 0.1) is 36.3 Å². The molecule has 482 valence electrons. The van der Waals surface area contributed by atoms with Crippen LogP contribution in [0.2, 0.25) is 0 Å². The normalized spacial score (nSPS) is 25.0. The minimum atomic E-state index is -2.03. The van der Waals surface area contributed by atoms with Crippen molar-refractivity contribution >= 4 is 47.3 Å². The molecule has 2 aliphatic heterocycles. The third-order valence-electron chi connectivity index (χ3n) is 14.3. The smallest absolute Gasteiger partial charge is 0.410 e. The maximum atomic E-state index is 14.2. The minimum Gasteiger partial charge on any atom is -0.491 e. The average Bonchev–Trinajstić information content (AvgIpc) is 1.51. The Kier molecular flexibility index (Phi) is 24.2. The van der Waals surface area contributed by atoms with Crippen molar-refractivity contribution in [2.75, 3.05) is 39.9 Å². The maximum Gasteiger partial charge on any atom is 0.410 e. The number of nitrogens with zero attached hydrogens (tertiary/aromatic N) is 4. The van der Waals surface area contributed by atoms with E-state index >= 15 is 0 Å². The van der Waals surface area contributed by atoms with E-state index in [1.807, 2.05) is 0 Å². The van der Waals surface area contributed by atoms with Gasteiger partial charge >= 0.3 is 24.4 Å². The van der Waals surface area contributed by atoms with Crippen LogP contribution in [0.4, 0.5) is 36.2 Å².